The summed E-state index contributed by atoms with van der Waals surface area (Å²) in [6, 6.07) is 9.80. The van der Waals surface area contributed by atoms with Crippen LogP contribution in [0.3, 0.4) is 0 Å². The summed E-state index contributed by atoms with van der Waals surface area (Å²) in [4.78, 5) is 14.7. The predicted molar refractivity (Wildman–Crippen MR) is 89.3 cm³/mol. The molecule has 3 rings (SSSR count). The third kappa shape index (κ3) is 4.29. The predicted octanol–water partition coefficient (Wildman–Crippen LogP) is 2.76. The first-order valence-corrected chi connectivity index (χ1v) is 7.49. The van der Waals surface area contributed by atoms with Crippen molar-refractivity contribution in [2.75, 3.05) is 23.8 Å². The molecular formula is C17H19N5O. The number of aromatic nitrogens is 3. The third-order valence-electron chi connectivity index (χ3n) is 3.55. The first-order valence-electron chi connectivity index (χ1n) is 7.49. The van der Waals surface area contributed by atoms with E-state index in [0.717, 1.165) is 30.4 Å². The van der Waals surface area contributed by atoms with Gasteiger partial charge in [-0.15, -0.1) is 0 Å². The van der Waals surface area contributed by atoms with Crippen LogP contribution < -0.4 is 10.2 Å². The summed E-state index contributed by atoms with van der Waals surface area (Å²) in [5.41, 5.74) is 1.26. The first-order chi connectivity index (χ1) is 11.3. The SMILES string of the molecule is CN(CCc1ccncc1)c1cc(NCc2ccco2)ncn1. The second kappa shape index (κ2) is 7.40. The van der Waals surface area contributed by atoms with E-state index in [-0.39, 0.29) is 0 Å². The average Bonchev–Trinajstić information content (AvgIpc) is 3.12. The zero-order valence-electron chi connectivity index (χ0n) is 13.0. The van der Waals surface area contributed by atoms with E-state index >= 15 is 0 Å². The molecular weight excluding hydrogens is 290 g/mol. The quantitative estimate of drug-likeness (QED) is 0.724. The zero-order valence-corrected chi connectivity index (χ0v) is 13.0. The number of furan rings is 1. The highest BCUT2D eigenvalue weighted by atomic mass is 16.3. The van der Waals surface area contributed by atoms with Crippen LogP contribution in [-0.2, 0) is 13.0 Å². The molecule has 6 nitrogen and oxygen atoms in total. The highest BCUT2D eigenvalue weighted by Gasteiger charge is 2.05. The molecule has 0 aliphatic heterocycles. The van der Waals surface area contributed by atoms with E-state index in [1.165, 1.54) is 5.56 Å². The molecule has 3 aromatic rings. The maximum absolute atomic E-state index is 5.30. The summed E-state index contributed by atoms with van der Waals surface area (Å²) in [6.07, 6.45) is 7.81. The van der Waals surface area contributed by atoms with Crippen LogP contribution in [0.1, 0.15) is 11.3 Å². The van der Waals surface area contributed by atoms with Gasteiger partial charge in [-0.2, -0.15) is 0 Å². The second-order valence-electron chi connectivity index (χ2n) is 5.22. The van der Waals surface area contributed by atoms with Crippen LogP contribution in [0.4, 0.5) is 11.6 Å². The van der Waals surface area contributed by atoms with Crippen molar-refractivity contribution >= 4 is 11.6 Å². The summed E-state index contributed by atoms with van der Waals surface area (Å²) < 4.78 is 5.30. The van der Waals surface area contributed by atoms with E-state index in [9.17, 15) is 0 Å². The average molecular weight is 309 g/mol. The van der Waals surface area contributed by atoms with Gasteiger partial charge in [-0.1, -0.05) is 0 Å². The Balaban J connectivity index is 1.57. The van der Waals surface area contributed by atoms with Crippen molar-refractivity contribution in [2.45, 2.75) is 13.0 Å². The smallest absolute Gasteiger partial charge is 0.133 e. The number of nitrogens with one attached hydrogen (secondary N) is 1. The first kappa shape index (κ1) is 15.0. The van der Waals surface area contributed by atoms with Crippen LogP contribution in [0.2, 0.25) is 0 Å². The van der Waals surface area contributed by atoms with Gasteiger partial charge in [0.2, 0.25) is 0 Å². The lowest BCUT2D eigenvalue weighted by Crippen LogP contribution is -2.21. The maximum atomic E-state index is 5.30. The maximum Gasteiger partial charge on any atom is 0.133 e. The molecule has 0 bridgehead atoms. The van der Waals surface area contributed by atoms with Crippen LogP contribution in [-0.4, -0.2) is 28.5 Å². The van der Waals surface area contributed by atoms with Gasteiger partial charge in [0.05, 0.1) is 12.8 Å². The van der Waals surface area contributed by atoms with Crippen molar-refractivity contribution in [3.8, 4) is 0 Å². The minimum absolute atomic E-state index is 0.601. The topological polar surface area (TPSA) is 67.1 Å². The van der Waals surface area contributed by atoms with Crippen molar-refractivity contribution in [2.24, 2.45) is 0 Å². The fraction of sp³-hybridized carbons (Fsp3) is 0.235. The number of hydrogen-bond acceptors (Lipinski definition) is 6. The molecule has 0 fully saturated rings. The van der Waals surface area contributed by atoms with E-state index in [1.807, 2.05) is 49.8 Å². The Kier molecular flexibility index (Phi) is 4.83. The Morgan fingerprint density at radius 2 is 2.04 bits per heavy atom. The Labute approximate surface area is 135 Å². The Morgan fingerprint density at radius 1 is 1.17 bits per heavy atom. The fourth-order valence-corrected chi connectivity index (χ4v) is 2.20. The highest BCUT2D eigenvalue weighted by molar-refractivity contribution is 5.48. The highest BCUT2D eigenvalue weighted by Crippen LogP contribution is 2.14. The molecule has 0 aliphatic carbocycles. The van der Waals surface area contributed by atoms with Crippen LogP contribution >= 0.6 is 0 Å². The molecule has 3 heterocycles. The summed E-state index contributed by atoms with van der Waals surface area (Å²) >= 11 is 0. The van der Waals surface area contributed by atoms with E-state index < -0.39 is 0 Å². The molecule has 0 saturated carbocycles. The summed E-state index contributed by atoms with van der Waals surface area (Å²) in [5, 5.41) is 3.24. The number of rotatable bonds is 7. The number of anilines is 2. The fourth-order valence-electron chi connectivity index (χ4n) is 2.20. The monoisotopic (exact) mass is 309 g/mol. The Hall–Kier alpha value is -2.89. The molecule has 0 aromatic carbocycles. The summed E-state index contributed by atoms with van der Waals surface area (Å²) in [6.45, 7) is 1.48. The van der Waals surface area contributed by atoms with Crippen LogP contribution in [0.25, 0.3) is 0 Å². The number of likely N-dealkylation sites (N-methyl/N-ethyl adjacent to an activating group) is 1. The van der Waals surface area contributed by atoms with Gasteiger partial charge < -0.3 is 14.6 Å². The van der Waals surface area contributed by atoms with E-state index in [0.29, 0.717) is 6.54 Å². The zero-order chi connectivity index (χ0) is 15.9. The minimum Gasteiger partial charge on any atom is -0.467 e. The molecule has 1 N–H and O–H groups in total. The van der Waals surface area contributed by atoms with Gasteiger partial charge in [-0.25, -0.2) is 9.97 Å². The van der Waals surface area contributed by atoms with Crippen LogP contribution in [0, 0.1) is 0 Å². The molecule has 118 valence electrons. The Bertz CT molecular complexity index is 715. The molecule has 0 unspecified atom stereocenters. The lowest BCUT2D eigenvalue weighted by atomic mass is 10.2. The number of pyridine rings is 1. The van der Waals surface area contributed by atoms with Gasteiger partial charge in [-0.3, -0.25) is 4.98 Å². The van der Waals surface area contributed by atoms with Gasteiger partial charge in [-0.05, 0) is 36.2 Å². The van der Waals surface area contributed by atoms with E-state index in [1.54, 1.807) is 12.6 Å². The third-order valence-corrected chi connectivity index (χ3v) is 3.55. The van der Waals surface area contributed by atoms with Crippen LogP contribution in [0.5, 0.6) is 0 Å². The van der Waals surface area contributed by atoms with Crippen molar-refractivity contribution in [3.63, 3.8) is 0 Å². The molecule has 0 saturated heterocycles. The van der Waals surface area contributed by atoms with Gasteiger partial charge in [0.15, 0.2) is 0 Å². The number of nitrogens with zero attached hydrogens (tertiary/aromatic N) is 4. The lowest BCUT2D eigenvalue weighted by Gasteiger charge is -2.18. The minimum atomic E-state index is 0.601. The van der Waals surface area contributed by atoms with Crippen molar-refractivity contribution in [1.29, 1.82) is 0 Å². The summed E-state index contributed by atoms with van der Waals surface area (Å²) in [7, 11) is 2.03. The van der Waals surface area contributed by atoms with Crippen molar-refractivity contribution < 1.29 is 4.42 Å². The van der Waals surface area contributed by atoms with Crippen molar-refractivity contribution in [1.82, 2.24) is 15.0 Å². The molecule has 0 atom stereocenters. The normalized spacial score (nSPS) is 10.5. The van der Waals surface area contributed by atoms with Gasteiger partial charge in [0, 0.05) is 32.1 Å². The van der Waals surface area contributed by atoms with E-state index in [4.69, 9.17) is 4.42 Å². The second-order valence-corrected chi connectivity index (χ2v) is 5.22. The van der Waals surface area contributed by atoms with Gasteiger partial charge in [0.1, 0.15) is 23.7 Å². The van der Waals surface area contributed by atoms with Crippen molar-refractivity contribution in [3.05, 3.63) is 66.6 Å². The molecule has 0 aliphatic rings. The largest absolute Gasteiger partial charge is 0.467 e. The van der Waals surface area contributed by atoms with E-state index in [2.05, 4.69) is 25.2 Å². The van der Waals surface area contributed by atoms with Gasteiger partial charge >= 0.3 is 0 Å². The molecule has 0 radical (unpaired) electrons. The molecule has 6 heteroatoms. The Morgan fingerprint density at radius 3 is 2.83 bits per heavy atom. The van der Waals surface area contributed by atoms with Crippen LogP contribution in [0.15, 0.2) is 59.7 Å². The molecule has 0 amide bonds. The van der Waals surface area contributed by atoms with Gasteiger partial charge in [0.25, 0.3) is 0 Å². The summed E-state index contributed by atoms with van der Waals surface area (Å²) in [5.74, 6) is 2.54. The lowest BCUT2D eigenvalue weighted by molar-refractivity contribution is 0.518. The molecule has 23 heavy (non-hydrogen) atoms. The molecule has 0 spiro atoms. The number of hydrogen-bond donors (Lipinski definition) is 1. The molecule has 3 aromatic heterocycles. The standard InChI is InChI=1S/C17H19N5O/c1-22(9-6-14-4-7-18-8-5-14)17-11-16(20-13-21-17)19-12-15-3-2-10-23-15/h2-5,7-8,10-11,13H,6,9,12H2,1H3,(H,19,20,21).